The van der Waals surface area contributed by atoms with E-state index in [2.05, 4.69) is 20.8 Å². The Morgan fingerprint density at radius 3 is 2.00 bits per heavy atom. The molecular weight excluding hydrogens is 310 g/mol. The van der Waals surface area contributed by atoms with Crippen molar-refractivity contribution in [2.45, 2.75) is 33.1 Å². The Labute approximate surface area is 110 Å². The molecule has 0 saturated carbocycles. The van der Waals surface area contributed by atoms with E-state index in [1.54, 1.807) is 6.07 Å². The summed E-state index contributed by atoms with van der Waals surface area (Å²) in [6, 6.07) is 5.72. The first-order chi connectivity index (χ1) is 6.82. The summed E-state index contributed by atoms with van der Waals surface area (Å²) >= 11 is -0.826. The Morgan fingerprint density at radius 2 is 1.67 bits per heavy atom. The second-order valence-corrected chi connectivity index (χ2v) is 8.07. The number of hydrogen-bond donors (Lipinski definition) is 1. The van der Waals surface area contributed by atoms with Gasteiger partial charge in [-0.3, -0.25) is 0 Å². The molecular formula is C11H16Cl2OZr. The van der Waals surface area contributed by atoms with Crippen LogP contribution in [-0.4, -0.2) is 5.11 Å². The van der Waals surface area contributed by atoms with Crippen LogP contribution in [0.25, 0.3) is 0 Å². The van der Waals surface area contributed by atoms with E-state index in [0.717, 1.165) is 5.56 Å². The number of phenolic OH excluding ortho intramolecular Hbond substituents is 1. The van der Waals surface area contributed by atoms with Gasteiger partial charge < -0.3 is 5.11 Å². The third kappa shape index (κ3) is 5.95. The molecule has 4 heteroatoms. The van der Waals surface area contributed by atoms with Gasteiger partial charge in [0.15, 0.2) is 0 Å². The molecule has 0 heterocycles. The van der Waals surface area contributed by atoms with Crippen molar-refractivity contribution in [3.8, 4) is 5.75 Å². The average molecular weight is 326 g/mol. The fraction of sp³-hybridized carbons (Fsp3) is 0.455. The van der Waals surface area contributed by atoms with Gasteiger partial charge in [0, 0.05) is 0 Å². The van der Waals surface area contributed by atoms with Crippen LogP contribution in [0.1, 0.15) is 31.9 Å². The van der Waals surface area contributed by atoms with Gasteiger partial charge >= 0.3 is 37.9 Å². The summed E-state index contributed by atoms with van der Waals surface area (Å²) in [4.78, 5) is 0. The zero-order valence-corrected chi connectivity index (χ0v) is 13.4. The van der Waals surface area contributed by atoms with E-state index in [1.807, 2.05) is 19.1 Å². The second-order valence-electron chi connectivity index (χ2n) is 4.34. The Kier molecular flexibility index (Phi) is 7.16. The van der Waals surface area contributed by atoms with Crippen molar-refractivity contribution >= 4 is 17.0 Å². The van der Waals surface area contributed by atoms with Crippen LogP contribution < -0.4 is 0 Å². The first kappa shape index (κ1) is 15.5. The van der Waals surface area contributed by atoms with Crippen LogP contribution in [-0.2, 0) is 26.3 Å². The van der Waals surface area contributed by atoms with Gasteiger partial charge in [0.25, 0.3) is 0 Å². The van der Waals surface area contributed by atoms with Gasteiger partial charge in [-0.15, -0.1) is 0 Å². The minimum absolute atomic E-state index is 0.0239. The van der Waals surface area contributed by atoms with E-state index in [9.17, 15) is 5.11 Å². The summed E-state index contributed by atoms with van der Waals surface area (Å²) in [5.74, 6) is 0.396. The molecule has 0 aliphatic rings. The fourth-order valence-electron chi connectivity index (χ4n) is 1.25. The number of aryl methyl sites for hydroxylation is 1. The molecule has 1 nitrogen and oxygen atoms in total. The van der Waals surface area contributed by atoms with E-state index in [-0.39, 0.29) is 5.41 Å². The predicted octanol–water partition coefficient (Wildman–Crippen LogP) is 4.37. The maximum absolute atomic E-state index is 9.57. The Morgan fingerprint density at radius 1 is 1.20 bits per heavy atom. The molecule has 1 aromatic rings. The topological polar surface area (TPSA) is 20.2 Å². The summed E-state index contributed by atoms with van der Waals surface area (Å²) in [5, 5.41) is 9.57. The van der Waals surface area contributed by atoms with Gasteiger partial charge in [-0.05, 0) is 24.0 Å². The third-order valence-electron chi connectivity index (χ3n) is 1.96. The van der Waals surface area contributed by atoms with Crippen molar-refractivity contribution in [1.82, 2.24) is 0 Å². The molecule has 1 aromatic carbocycles. The Hall–Kier alpha value is 0.483. The van der Waals surface area contributed by atoms with Crippen LogP contribution in [0.4, 0.5) is 0 Å². The zero-order valence-electron chi connectivity index (χ0n) is 9.44. The van der Waals surface area contributed by atoms with Crippen molar-refractivity contribution in [3.05, 3.63) is 29.3 Å². The van der Waals surface area contributed by atoms with E-state index in [4.69, 9.17) is 17.0 Å². The summed E-state index contributed by atoms with van der Waals surface area (Å²) in [6.07, 6.45) is 0. The normalized spacial score (nSPS) is 10.3. The fourth-order valence-corrected chi connectivity index (χ4v) is 1.25. The molecule has 84 valence electrons. The molecule has 0 spiro atoms. The van der Waals surface area contributed by atoms with Crippen LogP contribution >= 0.6 is 17.0 Å². The molecule has 1 N–H and O–H groups in total. The number of rotatable bonds is 0. The second kappa shape index (κ2) is 6.94. The Balaban J connectivity index is 0.000000583. The summed E-state index contributed by atoms with van der Waals surface area (Å²) in [6.45, 7) is 8.33. The number of benzene rings is 1. The van der Waals surface area contributed by atoms with Crippen molar-refractivity contribution < 1.29 is 26.0 Å². The molecule has 0 amide bonds. The molecule has 15 heavy (non-hydrogen) atoms. The molecule has 1 rings (SSSR count). The molecule has 0 saturated heterocycles. The van der Waals surface area contributed by atoms with Crippen molar-refractivity contribution in [3.63, 3.8) is 0 Å². The Bertz CT molecular complexity index is 308. The summed E-state index contributed by atoms with van der Waals surface area (Å²) < 4.78 is 0. The van der Waals surface area contributed by atoms with E-state index in [1.165, 1.54) is 5.56 Å². The number of halogens is 2. The quantitative estimate of drug-likeness (QED) is 0.750. The van der Waals surface area contributed by atoms with Gasteiger partial charge in [-0.1, -0.05) is 38.5 Å². The van der Waals surface area contributed by atoms with E-state index >= 15 is 0 Å². The SMILES string of the molecule is Cc1ccc(O)c(C(C)(C)C)c1.[Cl][Zr][Cl]. The molecule has 0 aromatic heterocycles. The molecule has 0 unspecified atom stereocenters. The maximum atomic E-state index is 9.57. The van der Waals surface area contributed by atoms with Crippen LogP contribution in [0.3, 0.4) is 0 Å². The van der Waals surface area contributed by atoms with Crippen molar-refractivity contribution in [2.24, 2.45) is 0 Å². The van der Waals surface area contributed by atoms with Gasteiger partial charge in [0.1, 0.15) is 5.75 Å². The van der Waals surface area contributed by atoms with Gasteiger partial charge in [-0.2, -0.15) is 0 Å². The minimum atomic E-state index is -0.826. The van der Waals surface area contributed by atoms with Crippen LogP contribution in [0.2, 0.25) is 0 Å². The standard InChI is InChI=1S/C11H16O.2ClH.Zr/c1-8-5-6-10(12)9(7-8)11(2,3)4;;;/h5-7,12H,1-4H3;2*1H;/q;;;+2/p-2. The van der Waals surface area contributed by atoms with Crippen LogP contribution in [0.5, 0.6) is 5.75 Å². The molecule has 0 bridgehead atoms. The van der Waals surface area contributed by atoms with Gasteiger partial charge in [0.2, 0.25) is 0 Å². The third-order valence-corrected chi connectivity index (χ3v) is 1.96. The molecule has 0 aliphatic heterocycles. The molecule has 0 radical (unpaired) electrons. The predicted molar refractivity (Wildman–Crippen MR) is 63.2 cm³/mol. The molecule has 0 fully saturated rings. The van der Waals surface area contributed by atoms with Crippen LogP contribution in [0, 0.1) is 6.92 Å². The zero-order chi connectivity index (χ0) is 12.1. The van der Waals surface area contributed by atoms with Gasteiger partial charge in [0.05, 0.1) is 0 Å². The van der Waals surface area contributed by atoms with Gasteiger partial charge in [-0.25, -0.2) is 0 Å². The van der Waals surface area contributed by atoms with Crippen molar-refractivity contribution in [2.75, 3.05) is 0 Å². The first-order valence-electron chi connectivity index (χ1n) is 4.59. The van der Waals surface area contributed by atoms with Crippen molar-refractivity contribution in [1.29, 1.82) is 0 Å². The molecule has 0 atom stereocenters. The molecule has 0 aliphatic carbocycles. The van der Waals surface area contributed by atoms with E-state index < -0.39 is 20.8 Å². The van der Waals surface area contributed by atoms with Crippen LogP contribution in [0.15, 0.2) is 18.2 Å². The summed E-state index contributed by atoms with van der Waals surface area (Å²) in [7, 11) is 9.87. The summed E-state index contributed by atoms with van der Waals surface area (Å²) in [5.41, 5.74) is 2.23. The number of hydrogen-bond acceptors (Lipinski definition) is 1. The first-order valence-corrected chi connectivity index (χ1v) is 10.9. The average Bonchev–Trinajstić information content (AvgIpc) is 2.09. The monoisotopic (exact) mass is 324 g/mol. The number of aromatic hydroxyl groups is 1. The van der Waals surface area contributed by atoms with E-state index in [0.29, 0.717) is 5.75 Å². The number of phenols is 1.